The van der Waals surface area contributed by atoms with Crippen LogP contribution < -0.4 is 11.1 Å². The standard InChI is InChI=1S/C14H18N2O3/c1-9(17)10-4-6-11(7-5-10)13(19)16-14(2,3)8-12(15)18/h4-7H,8H2,1-3H3,(H2,15,18)(H,16,19). The van der Waals surface area contributed by atoms with E-state index in [0.29, 0.717) is 11.1 Å². The normalized spacial score (nSPS) is 10.9. The van der Waals surface area contributed by atoms with Crippen molar-refractivity contribution in [1.29, 1.82) is 0 Å². The van der Waals surface area contributed by atoms with Crippen LogP contribution in [0.3, 0.4) is 0 Å². The number of Topliss-reactive ketones (excluding diaryl/α,β-unsaturated/α-hetero) is 1. The second kappa shape index (κ2) is 5.65. The third-order valence-electron chi connectivity index (χ3n) is 2.62. The lowest BCUT2D eigenvalue weighted by atomic mass is 9.99. The van der Waals surface area contributed by atoms with E-state index >= 15 is 0 Å². The highest BCUT2D eigenvalue weighted by atomic mass is 16.2. The summed E-state index contributed by atoms with van der Waals surface area (Å²) in [6.45, 7) is 4.91. The van der Waals surface area contributed by atoms with E-state index in [1.165, 1.54) is 6.92 Å². The van der Waals surface area contributed by atoms with Gasteiger partial charge in [-0.05, 0) is 32.9 Å². The van der Waals surface area contributed by atoms with Gasteiger partial charge in [-0.15, -0.1) is 0 Å². The lowest BCUT2D eigenvalue weighted by molar-refractivity contribution is -0.119. The van der Waals surface area contributed by atoms with Crippen molar-refractivity contribution in [1.82, 2.24) is 5.32 Å². The molecule has 5 heteroatoms. The van der Waals surface area contributed by atoms with Crippen molar-refractivity contribution in [3.8, 4) is 0 Å². The molecule has 0 saturated heterocycles. The summed E-state index contributed by atoms with van der Waals surface area (Å²) in [5.41, 5.74) is 5.39. The van der Waals surface area contributed by atoms with Crippen molar-refractivity contribution in [2.75, 3.05) is 0 Å². The van der Waals surface area contributed by atoms with Crippen LogP contribution in [0, 0.1) is 0 Å². The van der Waals surface area contributed by atoms with E-state index in [9.17, 15) is 14.4 Å². The minimum atomic E-state index is -0.706. The van der Waals surface area contributed by atoms with Crippen LogP contribution in [0.1, 0.15) is 47.9 Å². The number of carbonyl (C=O) groups excluding carboxylic acids is 3. The number of primary amides is 1. The fourth-order valence-corrected chi connectivity index (χ4v) is 1.72. The van der Waals surface area contributed by atoms with E-state index in [0.717, 1.165) is 0 Å². The quantitative estimate of drug-likeness (QED) is 0.783. The van der Waals surface area contributed by atoms with Crippen LogP contribution in [-0.2, 0) is 4.79 Å². The Hall–Kier alpha value is -2.17. The van der Waals surface area contributed by atoms with Crippen LogP contribution in [0.25, 0.3) is 0 Å². The Morgan fingerprint density at radius 1 is 1.11 bits per heavy atom. The number of amides is 2. The molecule has 0 bridgehead atoms. The fourth-order valence-electron chi connectivity index (χ4n) is 1.72. The van der Waals surface area contributed by atoms with Crippen LogP contribution in [-0.4, -0.2) is 23.1 Å². The molecular formula is C14H18N2O3. The first-order valence-electron chi connectivity index (χ1n) is 5.93. The van der Waals surface area contributed by atoms with Gasteiger partial charge in [0, 0.05) is 23.1 Å². The number of benzene rings is 1. The van der Waals surface area contributed by atoms with Gasteiger partial charge in [0.2, 0.25) is 5.91 Å². The second-order valence-electron chi connectivity index (χ2n) is 5.11. The van der Waals surface area contributed by atoms with Crippen LogP contribution in [0.2, 0.25) is 0 Å². The van der Waals surface area contributed by atoms with Gasteiger partial charge in [0.25, 0.3) is 5.91 Å². The molecule has 0 saturated carbocycles. The van der Waals surface area contributed by atoms with Crippen molar-refractivity contribution in [3.63, 3.8) is 0 Å². The Morgan fingerprint density at radius 2 is 1.58 bits per heavy atom. The molecule has 1 aromatic carbocycles. The van der Waals surface area contributed by atoms with Crippen molar-refractivity contribution in [3.05, 3.63) is 35.4 Å². The monoisotopic (exact) mass is 262 g/mol. The van der Waals surface area contributed by atoms with E-state index in [-0.39, 0.29) is 18.1 Å². The molecule has 0 radical (unpaired) electrons. The zero-order valence-electron chi connectivity index (χ0n) is 11.3. The number of hydrogen-bond acceptors (Lipinski definition) is 3. The molecule has 0 heterocycles. The minimum Gasteiger partial charge on any atom is -0.370 e. The number of rotatable bonds is 5. The Balaban J connectivity index is 2.78. The van der Waals surface area contributed by atoms with Gasteiger partial charge < -0.3 is 11.1 Å². The zero-order valence-corrected chi connectivity index (χ0v) is 11.3. The summed E-state index contributed by atoms with van der Waals surface area (Å²) in [4.78, 5) is 34.0. The van der Waals surface area contributed by atoms with Gasteiger partial charge in [0.05, 0.1) is 0 Å². The van der Waals surface area contributed by atoms with Crippen LogP contribution >= 0.6 is 0 Å². The number of carbonyl (C=O) groups is 3. The topological polar surface area (TPSA) is 89.3 Å². The predicted molar refractivity (Wildman–Crippen MR) is 71.8 cm³/mol. The minimum absolute atomic E-state index is 0.0546. The molecular weight excluding hydrogens is 244 g/mol. The maximum absolute atomic E-state index is 12.0. The lowest BCUT2D eigenvalue weighted by Crippen LogP contribution is -2.46. The first-order valence-corrected chi connectivity index (χ1v) is 5.93. The highest BCUT2D eigenvalue weighted by molar-refractivity contribution is 5.98. The highest BCUT2D eigenvalue weighted by Crippen LogP contribution is 2.11. The smallest absolute Gasteiger partial charge is 0.251 e. The maximum atomic E-state index is 12.0. The Kier molecular flexibility index (Phi) is 4.43. The van der Waals surface area contributed by atoms with Crippen molar-refractivity contribution < 1.29 is 14.4 Å². The van der Waals surface area contributed by atoms with Crippen LogP contribution in [0.4, 0.5) is 0 Å². The number of hydrogen-bond donors (Lipinski definition) is 2. The molecule has 0 spiro atoms. The third kappa shape index (κ3) is 4.54. The summed E-state index contributed by atoms with van der Waals surface area (Å²) in [6.07, 6.45) is 0.0598. The van der Waals surface area contributed by atoms with Gasteiger partial charge in [0.15, 0.2) is 5.78 Å². The summed E-state index contributed by atoms with van der Waals surface area (Å²) in [6, 6.07) is 6.34. The SMILES string of the molecule is CC(=O)c1ccc(C(=O)NC(C)(C)CC(N)=O)cc1. The zero-order chi connectivity index (χ0) is 14.6. The maximum Gasteiger partial charge on any atom is 0.251 e. The summed E-state index contributed by atoms with van der Waals surface area (Å²) in [5, 5.41) is 2.73. The molecule has 0 aliphatic rings. The molecule has 0 unspecified atom stereocenters. The average Bonchev–Trinajstić information content (AvgIpc) is 2.26. The van der Waals surface area contributed by atoms with E-state index < -0.39 is 11.4 Å². The van der Waals surface area contributed by atoms with Gasteiger partial charge in [0.1, 0.15) is 0 Å². The van der Waals surface area contributed by atoms with Crippen molar-refractivity contribution in [2.24, 2.45) is 5.73 Å². The molecule has 3 N–H and O–H groups in total. The Morgan fingerprint density at radius 3 is 2.00 bits per heavy atom. The summed E-state index contributed by atoms with van der Waals surface area (Å²) >= 11 is 0. The average molecular weight is 262 g/mol. The number of ketones is 1. The Bertz CT molecular complexity index is 504. The molecule has 5 nitrogen and oxygen atoms in total. The van der Waals surface area contributed by atoms with E-state index in [1.54, 1.807) is 38.1 Å². The second-order valence-corrected chi connectivity index (χ2v) is 5.11. The lowest BCUT2D eigenvalue weighted by Gasteiger charge is -2.24. The third-order valence-corrected chi connectivity index (χ3v) is 2.62. The molecule has 0 atom stereocenters. The molecule has 2 amide bonds. The highest BCUT2D eigenvalue weighted by Gasteiger charge is 2.23. The summed E-state index contributed by atoms with van der Waals surface area (Å²) in [7, 11) is 0. The Labute approximate surface area is 112 Å². The van der Waals surface area contributed by atoms with Gasteiger partial charge in [-0.1, -0.05) is 12.1 Å². The first-order chi connectivity index (χ1) is 8.71. The predicted octanol–water partition coefficient (Wildman–Crippen LogP) is 1.27. The van der Waals surface area contributed by atoms with Crippen LogP contribution in [0.5, 0.6) is 0 Å². The molecule has 19 heavy (non-hydrogen) atoms. The number of nitrogens with one attached hydrogen (secondary N) is 1. The molecule has 102 valence electrons. The van der Waals surface area contributed by atoms with Crippen LogP contribution in [0.15, 0.2) is 24.3 Å². The van der Waals surface area contributed by atoms with Gasteiger partial charge >= 0.3 is 0 Å². The van der Waals surface area contributed by atoms with Crippen molar-refractivity contribution in [2.45, 2.75) is 32.7 Å². The fraction of sp³-hybridized carbons (Fsp3) is 0.357. The van der Waals surface area contributed by atoms with Gasteiger partial charge in [-0.25, -0.2) is 0 Å². The molecule has 0 aliphatic heterocycles. The molecule has 0 aromatic heterocycles. The van der Waals surface area contributed by atoms with E-state index in [1.807, 2.05) is 0 Å². The van der Waals surface area contributed by atoms with E-state index in [4.69, 9.17) is 5.73 Å². The summed E-state index contributed by atoms with van der Waals surface area (Å²) in [5.74, 6) is -0.834. The molecule has 0 aliphatic carbocycles. The molecule has 1 aromatic rings. The van der Waals surface area contributed by atoms with Gasteiger partial charge in [-0.2, -0.15) is 0 Å². The summed E-state index contributed by atoms with van der Waals surface area (Å²) < 4.78 is 0. The largest absolute Gasteiger partial charge is 0.370 e. The first kappa shape index (κ1) is 14.9. The van der Waals surface area contributed by atoms with Gasteiger partial charge in [-0.3, -0.25) is 14.4 Å². The van der Waals surface area contributed by atoms with Crippen molar-refractivity contribution >= 4 is 17.6 Å². The molecule has 0 fully saturated rings. The molecule has 1 rings (SSSR count). The van der Waals surface area contributed by atoms with E-state index in [2.05, 4.69) is 5.32 Å². The number of nitrogens with two attached hydrogens (primary N) is 1.